The first-order chi connectivity index (χ1) is 5.40. The van der Waals surface area contributed by atoms with Gasteiger partial charge in [-0.2, -0.15) is 0 Å². The summed E-state index contributed by atoms with van der Waals surface area (Å²) < 4.78 is 5.46. The molecule has 0 aliphatic carbocycles. The highest BCUT2D eigenvalue weighted by molar-refractivity contribution is 4.92. The molecule has 0 aromatic heterocycles. The average Bonchev–Trinajstić information content (AvgIpc) is 1.79. The lowest BCUT2D eigenvalue weighted by Crippen LogP contribution is -2.66. The van der Waals surface area contributed by atoms with Gasteiger partial charge >= 0.3 is 0 Å². The van der Waals surface area contributed by atoms with Crippen LogP contribution in [-0.2, 0) is 4.74 Å². The zero-order chi connectivity index (χ0) is 7.68. The summed E-state index contributed by atoms with van der Waals surface area (Å²) in [6, 6.07) is 0.812. The molecule has 2 aliphatic rings. The number of hydrogen-bond donors (Lipinski definition) is 1. The second-order valence-corrected chi connectivity index (χ2v) is 3.34. The second kappa shape index (κ2) is 3.09. The predicted molar refractivity (Wildman–Crippen MR) is 43.6 cm³/mol. The minimum atomic E-state index is 0.528. The topological polar surface area (TPSA) is 24.5 Å². The van der Waals surface area contributed by atoms with Crippen LogP contribution in [0.3, 0.4) is 0 Å². The Balaban J connectivity index is 1.63. The molecule has 0 bridgehead atoms. The van der Waals surface area contributed by atoms with Gasteiger partial charge < -0.3 is 10.1 Å². The molecule has 0 amide bonds. The first-order valence-corrected chi connectivity index (χ1v) is 4.46. The number of rotatable bonds is 3. The van der Waals surface area contributed by atoms with Crippen LogP contribution in [-0.4, -0.2) is 49.8 Å². The quantitative estimate of drug-likeness (QED) is 0.606. The number of likely N-dealkylation sites (tertiary alicyclic amines) is 1. The monoisotopic (exact) mass is 156 g/mol. The predicted octanol–water partition coefficient (Wildman–Crippen LogP) is -0.321. The minimum absolute atomic E-state index is 0.528. The largest absolute Gasteiger partial charge is 0.376 e. The number of ether oxygens (including phenoxy) is 1. The van der Waals surface area contributed by atoms with Gasteiger partial charge in [0.15, 0.2) is 0 Å². The van der Waals surface area contributed by atoms with E-state index in [1.807, 2.05) is 0 Å². The Hall–Kier alpha value is -0.120. The maximum atomic E-state index is 5.46. The van der Waals surface area contributed by atoms with Gasteiger partial charge in [-0.3, -0.25) is 4.90 Å². The number of nitrogens with one attached hydrogen (secondary N) is 1. The van der Waals surface area contributed by atoms with Crippen LogP contribution >= 0.6 is 0 Å². The van der Waals surface area contributed by atoms with E-state index in [-0.39, 0.29) is 0 Å². The molecule has 64 valence electrons. The van der Waals surface area contributed by atoms with E-state index < -0.39 is 0 Å². The van der Waals surface area contributed by atoms with Gasteiger partial charge in [-0.1, -0.05) is 0 Å². The lowest BCUT2D eigenvalue weighted by Gasteiger charge is -2.47. The SMILES string of the molecule is CCOC1CN(C2CNC2)C1. The van der Waals surface area contributed by atoms with Crippen molar-refractivity contribution in [3.63, 3.8) is 0 Å². The summed E-state index contributed by atoms with van der Waals surface area (Å²) in [6.45, 7) is 7.59. The fourth-order valence-electron chi connectivity index (χ4n) is 1.64. The molecule has 2 heterocycles. The van der Waals surface area contributed by atoms with Crippen LogP contribution in [0.4, 0.5) is 0 Å². The zero-order valence-electron chi connectivity index (χ0n) is 7.05. The first-order valence-electron chi connectivity index (χ1n) is 4.46. The van der Waals surface area contributed by atoms with Crippen molar-refractivity contribution < 1.29 is 4.74 Å². The highest BCUT2D eigenvalue weighted by atomic mass is 16.5. The lowest BCUT2D eigenvalue weighted by molar-refractivity contribution is -0.0757. The van der Waals surface area contributed by atoms with Crippen LogP contribution in [0.2, 0.25) is 0 Å². The van der Waals surface area contributed by atoms with E-state index in [1.54, 1.807) is 0 Å². The molecular formula is C8H16N2O. The molecule has 2 aliphatic heterocycles. The van der Waals surface area contributed by atoms with Crippen molar-refractivity contribution in [2.75, 3.05) is 32.8 Å². The molecule has 0 aromatic carbocycles. The number of nitrogens with zero attached hydrogens (tertiary/aromatic N) is 1. The fourth-order valence-corrected chi connectivity index (χ4v) is 1.64. The Bertz CT molecular complexity index is 130. The van der Waals surface area contributed by atoms with Crippen LogP contribution in [0.15, 0.2) is 0 Å². The molecule has 0 spiro atoms. The molecular weight excluding hydrogens is 140 g/mol. The summed E-state index contributed by atoms with van der Waals surface area (Å²) in [5.41, 5.74) is 0. The van der Waals surface area contributed by atoms with E-state index in [0.29, 0.717) is 6.10 Å². The van der Waals surface area contributed by atoms with Gasteiger partial charge in [0.1, 0.15) is 0 Å². The van der Waals surface area contributed by atoms with Gasteiger partial charge in [-0.15, -0.1) is 0 Å². The molecule has 3 heteroatoms. The summed E-state index contributed by atoms with van der Waals surface area (Å²) in [6.07, 6.45) is 0.528. The summed E-state index contributed by atoms with van der Waals surface area (Å²) >= 11 is 0. The van der Waals surface area contributed by atoms with Gasteiger partial charge in [0.05, 0.1) is 6.10 Å². The third-order valence-electron chi connectivity index (χ3n) is 2.55. The lowest BCUT2D eigenvalue weighted by atomic mass is 10.0. The molecule has 2 fully saturated rings. The van der Waals surface area contributed by atoms with Crippen molar-refractivity contribution in [2.45, 2.75) is 19.1 Å². The van der Waals surface area contributed by atoms with Gasteiger partial charge in [-0.25, -0.2) is 0 Å². The highest BCUT2D eigenvalue weighted by Gasteiger charge is 2.35. The van der Waals surface area contributed by atoms with Crippen LogP contribution in [0.25, 0.3) is 0 Å². The van der Waals surface area contributed by atoms with Gasteiger partial charge in [0.2, 0.25) is 0 Å². The molecule has 3 nitrogen and oxygen atoms in total. The van der Waals surface area contributed by atoms with Crippen LogP contribution in [0.1, 0.15) is 6.92 Å². The Morgan fingerprint density at radius 1 is 1.45 bits per heavy atom. The zero-order valence-corrected chi connectivity index (χ0v) is 7.05. The summed E-state index contributed by atoms with van der Waals surface area (Å²) in [4.78, 5) is 2.50. The summed E-state index contributed by atoms with van der Waals surface area (Å²) in [7, 11) is 0. The third kappa shape index (κ3) is 1.41. The van der Waals surface area contributed by atoms with Crippen molar-refractivity contribution in [1.82, 2.24) is 10.2 Å². The molecule has 0 radical (unpaired) electrons. The molecule has 1 N–H and O–H groups in total. The molecule has 0 saturated carbocycles. The van der Waals surface area contributed by atoms with E-state index in [4.69, 9.17) is 4.74 Å². The van der Waals surface area contributed by atoms with E-state index in [9.17, 15) is 0 Å². The maximum Gasteiger partial charge on any atom is 0.0828 e. The molecule has 0 unspecified atom stereocenters. The second-order valence-electron chi connectivity index (χ2n) is 3.34. The normalized spacial score (nSPS) is 28.1. The summed E-state index contributed by atoms with van der Waals surface area (Å²) in [5.74, 6) is 0. The molecule has 2 rings (SSSR count). The Labute approximate surface area is 67.7 Å². The van der Waals surface area contributed by atoms with Gasteiger partial charge in [0.25, 0.3) is 0 Å². The van der Waals surface area contributed by atoms with Gasteiger partial charge in [0, 0.05) is 38.8 Å². The van der Waals surface area contributed by atoms with Crippen LogP contribution in [0.5, 0.6) is 0 Å². The minimum Gasteiger partial charge on any atom is -0.376 e. The van der Waals surface area contributed by atoms with Crippen molar-refractivity contribution in [3.05, 3.63) is 0 Å². The van der Waals surface area contributed by atoms with E-state index in [2.05, 4.69) is 17.1 Å². The smallest absolute Gasteiger partial charge is 0.0828 e. The third-order valence-corrected chi connectivity index (χ3v) is 2.55. The Kier molecular flexibility index (Phi) is 2.11. The Morgan fingerprint density at radius 3 is 2.64 bits per heavy atom. The average molecular weight is 156 g/mol. The molecule has 0 aromatic rings. The highest BCUT2D eigenvalue weighted by Crippen LogP contribution is 2.17. The van der Waals surface area contributed by atoms with Crippen molar-refractivity contribution in [1.29, 1.82) is 0 Å². The van der Waals surface area contributed by atoms with Crippen molar-refractivity contribution in [2.24, 2.45) is 0 Å². The molecule has 11 heavy (non-hydrogen) atoms. The standard InChI is InChI=1S/C8H16N2O/c1-2-11-8-5-10(6-8)7-3-9-4-7/h7-9H,2-6H2,1H3. The van der Waals surface area contributed by atoms with Crippen LogP contribution in [0, 0.1) is 0 Å². The number of hydrogen-bond acceptors (Lipinski definition) is 3. The van der Waals surface area contributed by atoms with Crippen LogP contribution < -0.4 is 5.32 Å². The summed E-state index contributed by atoms with van der Waals surface area (Å²) in [5, 5.41) is 3.27. The van der Waals surface area contributed by atoms with E-state index in [0.717, 1.165) is 25.7 Å². The van der Waals surface area contributed by atoms with Crippen molar-refractivity contribution >= 4 is 0 Å². The maximum absolute atomic E-state index is 5.46. The van der Waals surface area contributed by atoms with E-state index >= 15 is 0 Å². The van der Waals surface area contributed by atoms with E-state index in [1.165, 1.54) is 13.1 Å². The molecule has 0 atom stereocenters. The first kappa shape index (κ1) is 7.53. The van der Waals surface area contributed by atoms with Gasteiger partial charge in [-0.05, 0) is 6.92 Å². The Morgan fingerprint density at radius 2 is 2.18 bits per heavy atom. The fraction of sp³-hybridized carbons (Fsp3) is 1.00. The van der Waals surface area contributed by atoms with Crippen molar-refractivity contribution in [3.8, 4) is 0 Å². The molecule has 2 saturated heterocycles.